The van der Waals surface area contributed by atoms with Crippen LogP contribution in [0, 0.1) is 5.82 Å². The highest BCUT2D eigenvalue weighted by Gasteiger charge is 2.17. The summed E-state index contributed by atoms with van der Waals surface area (Å²) < 4.78 is 18.4. The van der Waals surface area contributed by atoms with Crippen LogP contribution in [0.3, 0.4) is 0 Å². The lowest BCUT2D eigenvalue weighted by Crippen LogP contribution is -2.27. The Bertz CT molecular complexity index is 479. The summed E-state index contributed by atoms with van der Waals surface area (Å²) in [4.78, 5) is 11.6. The van der Waals surface area contributed by atoms with Gasteiger partial charge in [-0.15, -0.1) is 0 Å². The fraction of sp³-hybridized carbons (Fsp3) is 0.308. The summed E-state index contributed by atoms with van der Waals surface area (Å²) in [7, 11) is 0. The summed E-state index contributed by atoms with van der Waals surface area (Å²) >= 11 is 0. The number of ether oxygens (including phenoxy) is 1. The number of anilines is 2. The summed E-state index contributed by atoms with van der Waals surface area (Å²) in [6.07, 6.45) is 0.817. The van der Waals surface area contributed by atoms with Gasteiger partial charge in [0.2, 0.25) is 0 Å². The SMILES string of the molecule is C=Cc1cc(N)c(F)cc1NC(=O)OC(C)(C)C. The van der Waals surface area contributed by atoms with E-state index < -0.39 is 17.5 Å². The maximum atomic E-state index is 13.3. The molecule has 0 aliphatic heterocycles. The van der Waals surface area contributed by atoms with E-state index in [2.05, 4.69) is 11.9 Å². The maximum Gasteiger partial charge on any atom is 0.412 e. The third kappa shape index (κ3) is 3.76. The van der Waals surface area contributed by atoms with Crippen LogP contribution in [0.15, 0.2) is 18.7 Å². The molecule has 0 spiro atoms. The van der Waals surface area contributed by atoms with Gasteiger partial charge in [-0.3, -0.25) is 5.32 Å². The van der Waals surface area contributed by atoms with Crippen molar-refractivity contribution in [3.63, 3.8) is 0 Å². The van der Waals surface area contributed by atoms with E-state index in [0.717, 1.165) is 6.07 Å². The van der Waals surface area contributed by atoms with Crippen molar-refractivity contribution in [2.24, 2.45) is 0 Å². The van der Waals surface area contributed by atoms with Crippen LogP contribution in [-0.4, -0.2) is 11.7 Å². The number of carbonyl (C=O) groups excluding carboxylic acids is 1. The minimum absolute atomic E-state index is 0.000335. The summed E-state index contributed by atoms with van der Waals surface area (Å²) in [5, 5.41) is 2.46. The zero-order valence-electron chi connectivity index (χ0n) is 10.7. The minimum Gasteiger partial charge on any atom is -0.444 e. The average Bonchev–Trinajstić information content (AvgIpc) is 2.20. The minimum atomic E-state index is -0.658. The van der Waals surface area contributed by atoms with Gasteiger partial charge in [-0.05, 0) is 32.4 Å². The molecule has 1 rings (SSSR count). The van der Waals surface area contributed by atoms with Gasteiger partial charge in [0.05, 0.1) is 11.4 Å². The van der Waals surface area contributed by atoms with Gasteiger partial charge in [0, 0.05) is 6.07 Å². The molecular formula is C13H17FN2O2. The first-order valence-electron chi connectivity index (χ1n) is 5.44. The predicted molar refractivity (Wildman–Crippen MR) is 70.8 cm³/mol. The molecule has 0 unspecified atom stereocenters. The molecule has 3 N–H and O–H groups in total. The van der Waals surface area contributed by atoms with Crippen LogP contribution in [0.25, 0.3) is 6.08 Å². The van der Waals surface area contributed by atoms with Crippen molar-refractivity contribution in [1.82, 2.24) is 0 Å². The molecule has 1 amide bonds. The summed E-state index contributed by atoms with van der Waals surface area (Å²) in [6, 6.07) is 2.53. The van der Waals surface area contributed by atoms with Crippen molar-refractivity contribution in [3.8, 4) is 0 Å². The number of rotatable bonds is 2. The van der Waals surface area contributed by atoms with Gasteiger partial charge in [0.1, 0.15) is 11.4 Å². The van der Waals surface area contributed by atoms with Crippen LogP contribution in [0.1, 0.15) is 26.3 Å². The smallest absolute Gasteiger partial charge is 0.412 e. The fourth-order valence-corrected chi connectivity index (χ4v) is 1.30. The van der Waals surface area contributed by atoms with E-state index in [1.54, 1.807) is 20.8 Å². The van der Waals surface area contributed by atoms with Gasteiger partial charge < -0.3 is 10.5 Å². The van der Waals surface area contributed by atoms with Crippen molar-refractivity contribution in [3.05, 3.63) is 30.1 Å². The summed E-state index contributed by atoms with van der Waals surface area (Å²) in [6.45, 7) is 8.80. The number of benzene rings is 1. The number of nitrogens with two attached hydrogens (primary N) is 1. The Morgan fingerprint density at radius 1 is 1.50 bits per heavy atom. The molecule has 0 fully saturated rings. The number of nitrogens with one attached hydrogen (secondary N) is 1. The van der Waals surface area contributed by atoms with Crippen molar-refractivity contribution < 1.29 is 13.9 Å². The molecule has 98 valence electrons. The molecule has 0 aromatic heterocycles. The van der Waals surface area contributed by atoms with E-state index >= 15 is 0 Å². The zero-order chi connectivity index (χ0) is 13.9. The molecule has 0 heterocycles. The number of amides is 1. The summed E-state index contributed by atoms with van der Waals surface area (Å²) in [5.41, 5.74) is 5.61. The Kier molecular flexibility index (Phi) is 3.96. The fourth-order valence-electron chi connectivity index (χ4n) is 1.30. The Morgan fingerprint density at radius 3 is 2.61 bits per heavy atom. The van der Waals surface area contributed by atoms with E-state index in [-0.39, 0.29) is 11.4 Å². The van der Waals surface area contributed by atoms with Gasteiger partial charge in [0.15, 0.2) is 0 Å². The second-order valence-electron chi connectivity index (χ2n) is 4.79. The molecule has 0 saturated carbocycles. The highest BCUT2D eigenvalue weighted by molar-refractivity contribution is 5.88. The quantitative estimate of drug-likeness (QED) is 0.793. The molecule has 1 aromatic carbocycles. The number of nitrogen functional groups attached to an aromatic ring is 1. The second kappa shape index (κ2) is 5.08. The van der Waals surface area contributed by atoms with E-state index in [0.29, 0.717) is 5.56 Å². The number of hydrogen-bond donors (Lipinski definition) is 2. The molecule has 0 aliphatic rings. The third-order valence-corrected chi connectivity index (χ3v) is 2.02. The van der Waals surface area contributed by atoms with Crippen LogP contribution in [0.4, 0.5) is 20.6 Å². The molecule has 1 aromatic rings. The lowest BCUT2D eigenvalue weighted by Gasteiger charge is -2.20. The van der Waals surface area contributed by atoms with Crippen LogP contribution >= 0.6 is 0 Å². The maximum absolute atomic E-state index is 13.3. The molecule has 0 saturated heterocycles. The lowest BCUT2D eigenvalue weighted by molar-refractivity contribution is 0.0636. The molecule has 4 nitrogen and oxygen atoms in total. The Morgan fingerprint density at radius 2 is 2.11 bits per heavy atom. The molecule has 5 heteroatoms. The number of hydrogen-bond acceptors (Lipinski definition) is 3. The largest absolute Gasteiger partial charge is 0.444 e. The van der Waals surface area contributed by atoms with Gasteiger partial charge in [-0.1, -0.05) is 12.7 Å². The highest BCUT2D eigenvalue weighted by atomic mass is 19.1. The zero-order valence-corrected chi connectivity index (χ0v) is 10.7. The van der Waals surface area contributed by atoms with Gasteiger partial charge >= 0.3 is 6.09 Å². The molecule has 18 heavy (non-hydrogen) atoms. The van der Waals surface area contributed by atoms with Crippen LogP contribution in [0.2, 0.25) is 0 Å². The number of carbonyl (C=O) groups is 1. The van der Waals surface area contributed by atoms with E-state index in [9.17, 15) is 9.18 Å². The van der Waals surface area contributed by atoms with Crippen molar-refractivity contribution >= 4 is 23.5 Å². The van der Waals surface area contributed by atoms with Crippen molar-refractivity contribution in [2.45, 2.75) is 26.4 Å². The van der Waals surface area contributed by atoms with Gasteiger partial charge in [-0.2, -0.15) is 0 Å². The highest BCUT2D eigenvalue weighted by Crippen LogP contribution is 2.24. The summed E-state index contributed by atoms with van der Waals surface area (Å²) in [5.74, 6) is -0.605. The third-order valence-electron chi connectivity index (χ3n) is 2.02. The van der Waals surface area contributed by atoms with E-state index in [1.807, 2.05) is 0 Å². The first-order chi connectivity index (χ1) is 8.23. The first-order valence-corrected chi connectivity index (χ1v) is 5.44. The van der Waals surface area contributed by atoms with Crippen molar-refractivity contribution in [2.75, 3.05) is 11.1 Å². The van der Waals surface area contributed by atoms with E-state index in [4.69, 9.17) is 10.5 Å². The topological polar surface area (TPSA) is 64.3 Å². The lowest BCUT2D eigenvalue weighted by atomic mass is 10.1. The molecular weight excluding hydrogens is 235 g/mol. The molecule has 0 radical (unpaired) electrons. The molecule has 0 bridgehead atoms. The predicted octanol–water partition coefficient (Wildman–Crippen LogP) is 3.40. The van der Waals surface area contributed by atoms with Crippen LogP contribution in [-0.2, 0) is 4.74 Å². The molecule has 0 aliphatic carbocycles. The Labute approximate surface area is 106 Å². The van der Waals surface area contributed by atoms with Crippen LogP contribution in [0.5, 0.6) is 0 Å². The van der Waals surface area contributed by atoms with E-state index in [1.165, 1.54) is 12.1 Å². The van der Waals surface area contributed by atoms with Crippen LogP contribution < -0.4 is 11.1 Å². The van der Waals surface area contributed by atoms with Gasteiger partial charge in [-0.25, -0.2) is 9.18 Å². The standard InChI is InChI=1S/C13H17FN2O2/c1-5-8-6-10(15)9(14)7-11(8)16-12(17)18-13(2,3)4/h5-7H,1,15H2,2-4H3,(H,16,17). The normalized spacial score (nSPS) is 10.9. The average molecular weight is 252 g/mol. The second-order valence-corrected chi connectivity index (χ2v) is 4.79. The Balaban J connectivity index is 2.94. The number of halogens is 1. The van der Waals surface area contributed by atoms with Crippen molar-refractivity contribution in [1.29, 1.82) is 0 Å². The first kappa shape index (κ1) is 14.0. The van der Waals surface area contributed by atoms with Gasteiger partial charge in [0.25, 0.3) is 0 Å². The molecule has 0 atom stereocenters. The monoisotopic (exact) mass is 252 g/mol. The Hall–Kier alpha value is -2.04.